The first-order chi connectivity index (χ1) is 6.33. The van der Waals surface area contributed by atoms with Crippen molar-refractivity contribution in [2.75, 3.05) is 23.7 Å². The Balaban J connectivity index is 2.36. The summed E-state index contributed by atoms with van der Waals surface area (Å²) in [7, 11) is 1.98. The summed E-state index contributed by atoms with van der Waals surface area (Å²) in [6.45, 7) is 4.16. The van der Waals surface area contributed by atoms with Gasteiger partial charge in [0.2, 0.25) is 0 Å². The molecular weight excluding hydrogens is 164 g/mol. The molecule has 0 aromatic carbocycles. The van der Waals surface area contributed by atoms with E-state index in [1.807, 2.05) is 11.7 Å². The van der Waals surface area contributed by atoms with Gasteiger partial charge in [0.15, 0.2) is 0 Å². The van der Waals surface area contributed by atoms with E-state index in [9.17, 15) is 0 Å². The second kappa shape index (κ2) is 3.28. The van der Waals surface area contributed by atoms with Crippen LogP contribution in [0.15, 0.2) is 0 Å². The number of nitrogens with zero attached hydrogens (tertiary/aromatic N) is 2. The van der Waals surface area contributed by atoms with E-state index < -0.39 is 0 Å². The molecule has 13 heavy (non-hydrogen) atoms. The Morgan fingerprint density at radius 1 is 1.38 bits per heavy atom. The van der Waals surface area contributed by atoms with Gasteiger partial charge in [0.05, 0.1) is 5.69 Å². The zero-order valence-corrected chi connectivity index (χ0v) is 8.22. The van der Waals surface area contributed by atoms with Crippen molar-refractivity contribution in [1.82, 2.24) is 9.78 Å². The SMILES string of the molecule is CCCc1nn(C)c2c1NCCN2. The highest BCUT2D eigenvalue weighted by Crippen LogP contribution is 2.28. The Morgan fingerprint density at radius 2 is 2.15 bits per heavy atom. The summed E-state index contributed by atoms with van der Waals surface area (Å²) in [5, 5.41) is 11.2. The van der Waals surface area contributed by atoms with Crippen molar-refractivity contribution in [2.24, 2.45) is 7.05 Å². The molecule has 2 N–H and O–H groups in total. The summed E-state index contributed by atoms with van der Waals surface area (Å²) in [6.07, 6.45) is 2.20. The predicted octanol–water partition coefficient (Wildman–Crippen LogP) is 1.21. The maximum absolute atomic E-state index is 4.47. The summed E-state index contributed by atoms with van der Waals surface area (Å²) in [5.41, 5.74) is 2.39. The largest absolute Gasteiger partial charge is 0.379 e. The Hall–Kier alpha value is -1.19. The zero-order chi connectivity index (χ0) is 9.26. The van der Waals surface area contributed by atoms with Gasteiger partial charge in [-0.2, -0.15) is 5.10 Å². The quantitative estimate of drug-likeness (QED) is 0.719. The third kappa shape index (κ3) is 1.36. The Kier molecular flexibility index (Phi) is 2.12. The summed E-state index contributed by atoms with van der Waals surface area (Å²) >= 11 is 0. The molecule has 1 aliphatic heterocycles. The molecule has 4 heteroatoms. The number of aryl methyl sites for hydroxylation is 2. The van der Waals surface area contributed by atoms with E-state index in [0.29, 0.717) is 0 Å². The van der Waals surface area contributed by atoms with E-state index in [0.717, 1.165) is 31.7 Å². The smallest absolute Gasteiger partial charge is 0.148 e. The lowest BCUT2D eigenvalue weighted by Crippen LogP contribution is -2.21. The molecule has 0 bridgehead atoms. The molecule has 2 heterocycles. The highest BCUT2D eigenvalue weighted by molar-refractivity contribution is 5.70. The number of fused-ring (bicyclic) bond motifs is 1. The summed E-state index contributed by atoms with van der Waals surface area (Å²) < 4.78 is 1.92. The van der Waals surface area contributed by atoms with Crippen LogP contribution in [0.25, 0.3) is 0 Å². The first kappa shape index (κ1) is 8.41. The molecule has 1 aliphatic rings. The number of aromatic nitrogens is 2. The van der Waals surface area contributed by atoms with Crippen molar-refractivity contribution in [3.8, 4) is 0 Å². The molecule has 0 amide bonds. The molecule has 1 aromatic rings. The van der Waals surface area contributed by atoms with Crippen LogP contribution in [0.4, 0.5) is 11.5 Å². The van der Waals surface area contributed by atoms with Gasteiger partial charge >= 0.3 is 0 Å². The molecule has 0 fully saturated rings. The molecular formula is C9H16N4. The summed E-state index contributed by atoms with van der Waals surface area (Å²) in [5.74, 6) is 1.13. The third-order valence-corrected chi connectivity index (χ3v) is 2.33. The van der Waals surface area contributed by atoms with E-state index in [-0.39, 0.29) is 0 Å². The minimum atomic E-state index is 0.984. The molecule has 0 unspecified atom stereocenters. The van der Waals surface area contributed by atoms with Crippen LogP contribution in [0, 0.1) is 0 Å². The maximum Gasteiger partial charge on any atom is 0.148 e. The van der Waals surface area contributed by atoms with Gasteiger partial charge in [0.25, 0.3) is 0 Å². The van der Waals surface area contributed by atoms with Crippen LogP contribution in [0.3, 0.4) is 0 Å². The zero-order valence-electron chi connectivity index (χ0n) is 8.22. The van der Waals surface area contributed by atoms with Crippen LogP contribution in [-0.4, -0.2) is 22.9 Å². The minimum Gasteiger partial charge on any atom is -0.379 e. The number of nitrogens with one attached hydrogen (secondary N) is 2. The van der Waals surface area contributed by atoms with Crippen LogP contribution in [0.1, 0.15) is 19.0 Å². The molecule has 0 radical (unpaired) electrons. The topological polar surface area (TPSA) is 41.9 Å². The standard InChI is InChI=1S/C9H16N4/c1-3-4-7-8-9(13(2)12-7)11-6-5-10-8/h10-11H,3-6H2,1-2H3. The molecule has 1 aromatic heterocycles. The van der Waals surface area contributed by atoms with Crippen LogP contribution >= 0.6 is 0 Å². The van der Waals surface area contributed by atoms with E-state index in [1.165, 1.54) is 11.4 Å². The average Bonchev–Trinajstić information content (AvgIpc) is 2.46. The first-order valence-electron chi connectivity index (χ1n) is 4.86. The number of rotatable bonds is 2. The van der Waals surface area contributed by atoms with Crippen LogP contribution in [-0.2, 0) is 13.5 Å². The van der Waals surface area contributed by atoms with Gasteiger partial charge in [-0.05, 0) is 6.42 Å². The third-order valence-electron chi connectivity index (χ3n) is 2.33. The highest BCUT2D eigenvalue weighted by Gasteiger charge is 2.17. The summed E-state index contributed by atoms with van der Waals surface area (Å²) in [6, 6.07) is 0. The molecule has 0 atom stereocenters. The van der Waals surface area contributed by atoms with Gasteiger partial charge in [-0.15, -0.1) is 0 Å². The molecule has 4 nitrogen and oxygen atoms in total. The van der Waals surface area contributed by atoms with E-state index >= 15 is 0 Å². The first-order valence-corrected chi connectivity index (χ1v) is 4.86. The monoisotopic (exact) mass is 180 g/mol. The Morgan fingerprint density at radius 3 is 2.92 bits per heavy atom. The Labute approximate surface area is 78.3 Å². The van der Waals surface area contributed by atoms with Gasteiger partial charge in [0, 0.05) is 20.1 Å². The van der Waals surface area contributed by atoms with Gasteiger partial charge in [-0.3, -0.25) is 4.68 Å². The molecule has 72 valence electrons. The molecule has 0 saturated carbocycles. The van der Waals surface area contributed by atoms with Crippen molar-refractivity contribution >= 4 is 11.5 Å². The van der Waals surface area contributed by atoms with Crippen molar-refractivity contribution in [1.29, 1.82) is 0 Å². The number of anilines is 2. The fourth-order valence-electron chi connectivity index (χ4n) is 1.75. The van der Waals surface area contributed by atoms with Crippen LogP contribution in [0.5, 0.6) is 0 Å². The molecule has 2 rings (SSSR count). The second-order valence-electron chi connectivity index (χ2n) is 3.40. The van der Waals surface area contributed by atoms with Crippen molar-refractivity contribution in [3.05, 3.63) is 5.69 Å². The van der Waals surface area contributed by atoms with Gasteiger partial charge in [-0.1, -0.05) is 13.3 Å². The van der Waals surface area contributed by atoms with Gasteiger partial charge < -0.3 is 10.6 Å². The lowest BCUT2D eigenvalue weighted by Gasteiger charge is -2.17. The summed E-state index contributed by atoms with van der Waals surface area (Å²) in [4.78, 5) is 0. The van der Waals surface area contributed by atoms with Gasteiger partial charge in [-0.25, -0.2) is 0 Å². The van der Waals surface area contributed by atoms with E-state index in [1.54, 1.807) is 0 Å². The number of hydrogen-bond donors (Lipinski definition) is 2. The predicted molar refractivity (Wildman–Crippen MR) is 54.2 cm³/mol. The van der Waals surface area contributed by atoms with Crippen LogP contribution in [0.2, 0.25) is 0 Å². The average molecular weight is 180 g/mol. The Bertz CT molecular complexity index is 303. The second-order valence-corrected chi connectivity index (χ2v) is 3.40. The normalized spacial score (nSPS) is 14.6. The van der Waals surface area contributed by atoms with Crippen molar-refractivity contribution in [2.45, 2.75) is 19.8 Å². The highest BCUT2D eigenvalue weighted by atomic mass is 15.3. The minimum absolute atomic E-state index is 0.984. The molecule has 0 saturated heterocycles. The van der Waals surface area contributed by atoms with Gasteiger partial charge in [0.1, 0.15) is 11.5 Å². The fourth-order valence-corrected chi connectivity index (χ4v) is 1.75. The fraction of sp³-hybridized carbons (Fsp3) is 0.667. The van der Waals surface area contributed by atoms with E-state index in [2.05, 4.69) is 22.7 Å². The van der Waals surface area contributed by atoms with Crippen LogP contribution < -0.4 is 10.6 Å². The van der Waals surface area contributed by atoms with Crippen molar-refractivity contribution in [3.63, 3.8) is 0 Å². The lowest BCUT2D eigenvalue weighted by atomic mass is 10.2. The lowest BCUT2D eigenvalue weighted by molar-refractivity contribution is 0.736. The van der Waals surface area contributed by atoms with Crippen molar-refractivity contribution < 1.29 is 0 Å². The molecule has 0 spiro atoms. The maximum atomic E-state index is 4.47. The van der Waals surface area contributed by atoms with E-state index in [4.69, 9.17) is 0 Å². The molecule has 0 aliphatic carbocycles. The number of hydrogen-bond acceptors (Lipinski definition) is 3.